The lowest BCUT2D eigenvalue weighted by Crippen LogP contribution is -2.05. The highest BCUT2D eigenvalue weighted by atomic mass is 16.5. The Kier molecular flexibility index (Phi) is 3.21. The van der Waals surface area contributed by atoms with Crippen LogP contribution in [0.3, 0.4) is 0 Å². The molecule has 0 saturated heterocycles. The SMILES string of the molecule is COCCn1cnnc1-c1cnc(C)cn1. The quantitative estimate of drug-likeness (QED) is 0.757. The summed E-state index contributed by atoms with van der Waals surface area (Å²) in [5.41, 5.74) is 1.60. The first-order chi connectivity index (χ1) is 7.81. The second-order valence-corrected chi connectivity index (χ2v) is 3.38. The summed E-state index contributed by atoms with van der Waals surface area (Å²) in [6.45, 7) is 3.21. The Morgan fingerprint density at radius 2 is 2.19 bits per heavy atom. The minimum Gasteiger partial charge on any atom is -0.383 e. The van der Waals surface area contributed by atoms with Gasteiger partial charge in [-0.15, -0.1) is 10.2 Å². The van der Waals surface area contributed by atoms with Gasteiger partial charge in [0.1, 0.15) is 12.0 Å². The number of aryl methyl sites for hydroxylation is 1. The maximum absolute atomic E-state index is 5.01. The van der Waals surface area contributed by atoms with Gasteiger partial charge in [-0.05, 0) is 6.92 Å². The molecule has 0 N–H and O–H groups in total. The van der Waals surface area contributed by atoms with Gasteiger partial charge in [0.15, 0.2) is 5.82 Å². The van der Waals surface area contributed by atoms with Gasteiger partial charge in [0, 0.05) is 19.9 Å². The summed E-state index contributed by atoms with van der Waals surface area (Å²) in [6, 6.07) is 0. The zero-order chi connectivity index (χ0) is 11.4. The Hall–Kier alpha value is -1.82. The minimum atomic E-state index is 0.615. The molecule has 84 valence electrons. The highest BCUT2D eigenvalue weighted by molar-refractivity contribution is 5.46. The van der Waals surface area contributed by atoms with E-state index in [1.54, 1.807) is 25.8 Å². The van der Waals surface area contributed by atoms with E-state index in [0.717, 1.165) is 11.4 Å². The summed E-state index contributed by atoms with van der Waals surface area (Å²) in [5, 5.41) is 7.89. The van der Waals surface area contributed by atoms with E-state index in [4.69, 9.17) is 4.74 Å². The van der Waals surface area contributed by atoms with Crippen LogP contribution >= 0.6 is 0 Å². The molecule has 0 radical (unpaired) electrons. The normalized spacial score (nSPS) is 10.6. The van der Waals surface area contributed by atoms with Crippen LogP contribution in [0, 0.1) is 6.92 Å². The molecule has 0 amide bonds. The molecule has 0 aliphatic carbocycles. The molecule has 6 nitrogen and oxygen atoms in total. The molecule has 0 aliphatic rings. The lowest BCUT2D eigenvalue weighted by Gasteiger charge is -2.04. The van der Waals surface area contributed by atoms with E-state index in [0.29, 0.717) is 19.0 Å². The highest BCUT2D eigenvalue weighted by Gasteiger charge is 2.08. The van der Waals surface area contributed by atoms with E-state index >= 15 is 0 Å². The molecule has 2 heterocycles. The average molecular weight is 219 g/mol. The van der Waals surface area contributed by atoms with Gasteiger partial charge in [-0.3, -0.25) is 4.98 Å². The summed E-state index contributed by atoms with van der Waals surface area (Å²) >= 11 is 0. The predicted molar refractivity (Wildman–Crippen MR) is 57.7 cm³/mol. The van der Waals surface area contributed by atoms with Crippen molar-refractivity contribution >= 4 is 0 Å². The van der Waals surface area contributed by atoms with Crippen LogP contribution in [-0.2, 0) is 11.3 Å². The van der Waals surface area contributed by atoms with E-state index in [1.807, 2.05) is 11.5 Å². The van der Waals surface area contributed by atoms with Crippen LogP contribution in [0.2, 0.25) is 0 Å². The van der Waals surface area contributed by atoms with Crippen molar-refractivity contribution in [1.29, 1.82) is 0 Å². The Labute approximate surface area is 93.3 Å². The van der Waals surface area contributed by atoms with Crippen molar-refractivity contribution in [1.82, 2.24) is 24.7 Å². The average Bonchev–Trinajstić information content (AvgIpc) is 2.75. The van der Waals surface area contributed by atoms with Gasteiger partial charge in [0.05, 0.1) is 18.5 Å². The van der Waals surface area contributed by atoms with Crippen molar-refractivity contribution in [2.75, 3.05) is 13.7 Å². The first-order valence-corrected chi connectivity index (χ1v) is 4.97. The molecule has 0 aliphatic heterocycles. The zero-order valence-corrected chi connectivity index (χ0v) is 9.29. The lowest BCUT2D eigenvalue weighted by atomic mass is 10.4. The topological polar surface area (TPSA) is 65.7 Å². The van der Waals surface area contributed by atoms with Gasteiger partial charge in [-0.2, -0.15) is 0 Å². The number of rotatable bonds is 4. The van der Waals surface area contributed by atoms with Gasteiger partial charge in [0.2, 0.25) is 0 Å². The van der Waals surface area contributed by atoms with Crippen LogP contribution in [-0.4, -0.2) is 38.4 Å². The fourth-order valence-corrected chi connectivity index (χ4v) is 1.31. The highest BCUT2D eigenvalue weighted by Crippen LogP contribution is 2.11. The number of nitrogens with zero attached hydrogens (tertiary/aromatic N) is 5. The lowest BCUT2D eigenvalue weighted by molar-refractivity contribution is 0.187. The van der Waals surface area contributed by atoms with Crippen molar-refractivity contribution in [3.05, 3.63) is 24.4 Å². The number of hydrogen-bond donors (Lipinski definition) is 0. The van der Waals surface area contributed by atoms with Gasteiger partial charge in [0.25, 0.3) is 0 Å². The molecule has 0 bridgehead atoms. The molecule has 2 rings (SSSR count). The second kappa shape index (κ2) is 4.80. The fourth-order valence-electron chi connectivity index (χ4n) is 1.31. The zero-order valence-electron chi connectivity index (χ0n) is 9.29. The van der Waals surface area contributed by atoms with Crippen LogP contribution in [0.1, 0.15) is 5.69 Å². The molecule has 0 atom stereocenters. The summed E-state index contributed by atoms with van der Waals surface area (Å²) in [6.07, 6.45) is 5.07. The number of methoxy groups -OCH3 is 1. The van der Waals surface area contributed by atoms with Gasteiger partial charge < -0.3 is 9.30 Å². The van der Waals surface area contributed by atoms with Crippen LogP contribution in [0.15, 0.2) is 18.7 Å². The smallest absolute Gasteiger partial charge is 0.184 e. The monoisotopic (exact) mass is 219 g/mol. The third-order valence-electron chi connectivity index (χ3n) is 2.16. The fraction of sp³-hybridized carbons (Fsp3) is 0.400. The summed E-state index contributed by atoms with van der Waals surface area (Å²) in [4.78, 5) is 8.44. The van der Waals surface area contributed by atoms with E-state index in [2.05, 4.69) is 20.2 Å². The standard InChI is InChI=1S/C10H13N5O/c1-8-5-12-9(6-11-8)10-14-13-7-15(10)3-4-16-2/h5-7H,3-4H2,1-2H3. The number of ether oxygens (including phenoxy) is 1. The molecule has 0 saturated carbocycles. The van der Waals surface area contributed by atoms with Gasteiger partial charge in [-0.1, -0.05) is 0 Å². The largest absolute Gasteiger partial charge is 0.383 e. The van der Waals surface area contributed by atoms with Crippen molar-refractivity contribution in [3.63, 3.8) is 0 Å². The van der Waals surface area contributed by atoms with Crippen molar-refractivity contribution < 1.29 is 4.74 Å². The molecule has 2 aromatic heterocycles. The molecule has 16 heavy (non-hydrogen) atoms. The van der Waals surface area contributed by atoms with Gasteiger partial charge >= 0.3 is 0 Å². The minimum absolute atomic E-state index is 0.615. The van der Waals surface area contributed by atoms with E-state index in [-0.39, 0.29) is 0 Å². The number of aromatic nitrogens is 5. The first-order valence-electron chi connectivity index (χ1n) is 4.97. The third kappa shape index (κ3) is 2.22. The Morgan fingerprint density at radius 1 is 1.31 bits per heavy atom. The van der Waals surface area contributed by atoms with Crippen molar-refractivity contribution in [2.24, 2.45) is 0 Å². The molecule has 0 aromatic carbocycles. The Bertz CT molecular complexity index is 450. The first kappa shape index (κ1) is 10.7. The van der Waals surface area contributed by atoms with E-state index in [1.165, 1.54) is 0 Å². The molecule has 2 aromatic rings. The molecular formula is C10H13N5O. The second-order valence-electron chi connectivity index (χ2n) is 3.38. The van der Waals surface area contributed by atoms with E-state index in [9.17, 15) is 0 Å². The Morgan fingerprint density at radius 3 is 2.88 bits per heavy atom. The number of hydrogen-bond acceptors (Lipinski definition) is 5. The summed E-state index contributed by atoms with van der Waals surface area (Å²) in [7, 11) is 1.66. The Balaban J connectivity index is 2.26. The third-order valence-corrected chi connectivity index (χ3v) is 2.16. The van der Waals surface area contributed by atoms with Crippen molar-refractivity contribution in [3.8, 4) is 11.5 Å². The summed E-state index contributed by atoms with van der Waals surface area (Å²) in [5.74, 6) is 0.713. The molecular weight excluding hydrogens is 206 g/mol. The molecule has 0 unspecified atom stereocenters. The van der Waals surface area contributed by atoms with E-state index < -0.39 is 0 Å². The van der Waals surface area contributed by atoms with Crippen molar-refractivity contribution in [2.45, 2.75) is 13.5 Å². The molecule has 0 fully saturated rings. The van der Waals surface area contributed by atoms with Crippen LogP contribution in [0.25, 0.3) is 11.5 Å². The maximum Gasteiger partial charge on any atom is 0.184 e. The molecule has 0 spiro atoms. The summed E-state index contributed by atoms with van der Waals surface area (Å²) < 4.78 is 6.90. The van der Waals surface area contributed by atoms with Gasteiger partial charge in [-0.25, -0.2) is 4.98 Å². The van der Waals surface area contributed by atoms with Crippen LogP contribution in [0.4, 0.5) is 0 Å². The van der Waals surface area contributed by atoms with Crippen LogP contribution < -0.4 is 0 Å². The maximum atomic E-state index is 5.01. The van der Waals surface area contributed by atoms with Crippen LogP contribution in [0.5, 0.6) is 0 Å². The predicted octanol–water partition coefficient (Wildman–Crippen LogP) is 0.690. The molecule has 6 heteroatoms.